The summed E-state index contributed by atoms with van der Waals surface area (Å²) in [6.07, 6.45) is 0. The van der Waals surface area contributed by atoms with Crippen LogP contribution < -0.4 is 0 Å². The third-order valence-corrected chi connectivity index (χ3v) is 3.70. The van der Waals surface area contributed by atoms with Crippen LogP contribution in [0.4, 0.5) is 0 Å². The fourth-order valence-corrected chi connectivity index (χ4v) is 2.76. The Bertz CT molecular complexity index is 517. The molecule has 0 saturated heterocycles. The second kappa shape index (κ2) is 4.36. The summed E-state index contributed by atoms with van der Waals surface area (Å²) in [5.41, 5.74) is 4.45. The summed E-state index contributed by atoms with van der Waals surface area (Å²) in [5.74, 6) is 0. The van der Waals surface area contributed by atoms with Gasteiger partial charge >= 0.3 is 0 Å². The zero-order valence-electron chi connectivity index (χ0n) is 9.74. The van der Waals surface area contributed by atoms with Crippen molar-refractivity contribution in [2.24, 2.45) is 0 Å². The van der Waals surface area contributed by atoms with Gasteiger partial charge in [0, 0.05) is 10.4 Å². The van der Waals surface area contributed by atoms with Crippen LogP contribution in [0, 0.1) is 20.8 Å². The molecule has 0 aliphatic heterocycles. The molecule has 0 amide bonds. The number of hydrogen-bond acceptors (Lipinski definition) is 3. The second-order valence-electron chi connectivity index (χ2n) is 4.00. The average molecular weight is 233 g/mol. The Hall–Kier alpha value is -1.19. The van der Waals surface area contributed by atoms with Crippen LogP contribution in [-0.4, -0.2) is 10.1 Å². The lowest BCUT2D eigenvalue weighted by molar-refractivity contribution is 0.277. The third-order valence-electron chi connectivity index (χ3n) is 2.65. The van der Waals surface area contributed by atoms with Gasteiger partial charge in [-0.2, -0.15) is 0 Å². The smallest absolute Gasteiger partial charge is 0.124 e. The van der Waals surface area contributed by atoms with Gasteiger partial charge < -0.3 is 5.11 Å². The Balaban J connectivity index is 2.50. The Morgan fingerprint density at radius 1 is 1.25 bits per heavy atom. The van der Waals surface area contributed by atoms with Gasteiger partial charge in [0.05, 0.1) is 12.3 Å². The fraction of sp³-hybridized carbons (Fsp3) is 0.308. The highest BCUT2D eigenvalue weighted by molar-refractivity contribution is 7.15. The molecule has 1 N–H and O–H groups in total. The van der Waals surface area contributed by atoms with Gasteiger partial charge in [0.15, 0.2) is 0 Å². The van der Waals surface area contributed by atoms with Crippen LogP contribution in [0.25, 0.3) is 10.6 Å². The van der Waals surface area contributed by atoms with E-state index in [1.54, 1.807) is 11.3 Å². The molecule has 2 aromatic rings. The lowest BCUT2D eigenvalue weighted by Gasteiger charge is -2.02. The highest BCUT2D eigenvalue weighted by atomic mass is 32.1. The van der Waals surface area contributed by atoms with Crippen molar-refractivity contribution in [3.63, 3.8) is 0 Å². The van der Waals surface area contributed by atoms with E-state index in [9.17, 15) is 0 Å². The molecule has 0 saturated carbocycles. The second-order valence-corrected chi connectivity index (χ2v) is 5.20. The van der Waals surface area contributed by atoms with E-state index in [1.165, 1.54) is 16.7 Å². The van der Waals surface area contributed by atoms with Crippen LogP contribution >= 0.6 is 11.3 Å². The van der Waals surface area contributed by atoms with Crippen molar-refractivity contribution in [3.05, 3.63) is 39.9 Å². The molecule has 1 aromatic carbocycles. The molecule has 0 atom stereocenters. The van der Waals surface area contributed by atoms with E-state index in [1.807, 2.05) is 6.92 Å². The van der Waals surface area contributed by atoms with Crippen LogP contribution in [0.3, 0.4) is 0 Å². The highest BCUT2D eigenvalue weighted by Crippen LogP contribution is 2.30. The number of aryl methyl sites for hydroxylation is 3. The predicted molar refractivity (Wildman–Crippen MR) is 67.7 cm³/mol. The van der Waals surface area contributed by atoms with Crippen molar-refractivity contribution in [3.8, 4) is 10.6 Å². The number of aliphatic hydroxyl groups excluding tert-OH is 1. The first kappa shape index (κ1) is 11.3. The maximum atomic E-state index is 9.14. The molecule has 1 heterocycles. The molecule has 1 aromatic heterocycles. The topological polar surface area (TPSA) is 33.1 Å². The molecular formula is C13H15NOS. The molecular weight excluding hydrogens is 218 g/mol. The van der Waals surface area contributed by atoms with Gasteiger partial charge in [-0.3, -0.25) is 0 Å². The quantitative estimate of drug-likeness (QED) is 0.864. The minimum Gasteiger partial charge on any atom is -0.390 e. The van der Waals surface area contributed by atoms with Crippen LogP contribution in [-0.2, 0) is 6.61 Å². The summed E-state index contributed by atoms with van der Waals surface area (Å²) in [7, 11) is 0. The van der Waals surface area contributed by atoms with E-state index in [2.05, 4.69) is 37.0 Å². The first-order chi connectivity index (χ1) is 7.61. The fourth-order valence-electron chi connectivity index (χ4n) is 1.74. The van der Waals surface area contributed by atoms with Gasteiger partial charge in [0.2, 0.25) is 0 Å². The van der Waals surface area contributed by atoms with E-state index >= 15 is 0 Å². The molecule has 0 unspecified atom stereocenters. The normalized spacial score (nSPS) is 10.8. The lowest BCUT2D eigenvalue weighted by Crippen LogP contribution is -1.87. The van der Waals surface area contributed by atoms with Gasteiger partial charge in [-0.05, 0) is 26.3 Å². The molecule has 0 fully saturated rings. The Morgan fingerprint density at radius 3 is 2.56 bits per heavy atom. The van der Waals surface area contributed by atoms with Crippen molar-refractivity contribution in [1.82, 2.24) is 4.98 Å². The molecule has 16 heavy (non-hydrogen) atoms. The number of aliphatic hydroxyl groups is 1. The Kier molecular flexibility index (Phi) is 3.08. The number of aromatic nitrogens is 1. The Morgan fingerprint density at radius 2 is 2.00 bits per heavy atom. The van der Waals surface area contributed by atoms with Crippen LogP contribution in [0.5, 0.6) is 0 Å². The van der Waals surface area contributed by atoms with E-state index in [0.717, 1.165) is 15.6 Å². The number of benzene rings is 1. The van der Waals surface area contributed by atoms with Crippen molar-refractivity contribution in [2.45, 2.75) is 27.4 Å². The zero-order chi connectivity index (χ0) is 11.7. The summed E-state index contributed by atoms with van der Waals surface area (Å²) in [6, 6.07) is 6.35. The van der Waals surface area contributed by atoms with Gasteiger partial charge in [0.1, 0.15) is 5.01 Å². The molecule has 0 radical (unpaired) electrons. The van der Waals surface area contributed by atoms with Crippen molar-refractivity contribution in [2.75, 3.05) is 0 Å². The van der Waals surface area contributed by atoms with E-state index in [4.69, 9.17) is 5.11 Å². The van der Waals surface area contributed by atoms with E-state index < -0.39 is 0 Å². The average Bonchev–Trinajstić information content (AvgIpc) is 2.59. The minimum atomic E-state index is 0.0211. The molecule has 0 aliphatic carbocycles. The van der Waals surface area contributed by atoms with Crippen molar-refractivity contribution >= 4 is 11.3 Å². The Labute approximate surface area is 99.6 Å². The van der Waals surface area contributed by atoms with Crippen molar-refractivity contribution < 1.29 is 5.11 Å². The number of nitrogens with zero attached hydrogens (tertiary/aromatic N) is 1. The maximum Gasteiger partial charge on any atom is 0.124 e. The summed E-state index contributed by atoms with van der Waals surface area (Å²) < 4.78 is 0. The number of thiazole rings is 1. The zero-order valence-corrected chi connectivity index (χ0v) is 10.6. The summed E-state index contributed by atoms with van der Waals surface area (Å²) in [5, 5.41) is 10.1. The standard InChI is InChI=1S/C13H15NOS/c1-8-4-5-11(9(2)6-8)13-14-12(7-15)10(3)16-13/h4-6,15H,7H2,1-3H3. The maximum absolute atomic E-state index is 9.14. The first-order valence-corrected chi connectivity index (χ1v) is 6.08. The van der Waals surface area contributed by atoms with Gasteiger partial charge in [0.25, 0.3) is 0 Å². The summed E-state index contributed by atoms with van der Waals surface area (Å²) >= 11 is 1.64. The van der Waals surface area contributed by atoms with Crippen LogP contribution in [0.2, 0.25) is 0 Å². The predicted octanol–water partition coefficient (Wildman–Crippen LogP) is 3.23. The molecule has 0 spiro atoms. The van der Waals surface area contributed by atoms with Gasteiger partial charge in [-0.1, -0.05) is 23.8 Å². The molecule has 2 rings (SSSR count). The number of rotatable bonds is 2. The molecule has 3 heteroatoms. The van der Waals surface area contributed by atoms with Gasteiger partial charge in [-0.15, -0.1) is 11.3 Å². The van der Waals surface area contributed by atoms with Crippen LogP contribution in [0.1, 0.15) is 21.7 Å². The lowest BCUT2D eigenvalue weighted by atomic mass is 10.1. The monoisotopic (exact) mass is 233 g/mol. The summed E-state index contributed by atoms with van der Waals surface area (Å²) in [6.45, 7) is 6.20. The molecule has 0 bridgehead atoms. The largest absolute Gasteiger partial charge is 0.390 e. The van der Waals surface area contributed by atoms with Crippen LogP contribution in [0.15, 0.2) is 18.2 Å². The van der Waals surface area contributed by atoms with E-state index in [-0.39, 0.29) is 6.61 Å². The minimum absolute atomic E-state index is 0.0211. The molecule has 0 aliphatic rings. The SMILES string of the molecule is Cc1ccc(-c2nc(CO)c(C)s2)c(C)c1. The summed E-state index contributed by atoms with van der Waals surface area (Å²) in [4.78, 5) is 5.55. The molecule has 2 nitrogen and oxygen atoms in total. The third kappa shape index (κ3) is 2.01. The highest BCUT2D eigenvalue weighted by Gasteiger charge is 2.10. The molecule has 84 valence electrons. The van der Waals surface area contributed by atoms with Crippen molar-refractivity contribution in [1.29, 1.82) is 0 Å². The number of hydrogen-bond donors (Lipinski definition) is 1. The van der Waals surface area contributed by atoms with Gasteiger partial charge in [-0.25, -0.2) is 4.98 Å². The van der Waals surface area contributed by atoms with E-state index in [0.29, 0.717) is 0 Å². The first-order valence-electron chi connectivity index (χ1n) is 5.26.